The van der Waals surface area contributed by atoms with Crippen LogP contribution in [-0.2, 0) is 19.2 Å². The van der Waals surface area contributed by atoms with Crippen LogP contribution < -0.4 is 21.7 Å². The van der Waals surface area contributed by atoms with Crippen LogP contribution in [-0.4, -0.2) is 69.1 Å². The standard InChI is InChI=1S/C36H52N4O5S.C9H21N.CH4/c1-5-9-27(37-20-41)38-32(44)31-21(2)19-46-34-30(33(45)40(31)34)39-28(43)12-8-11-22-13-14-24-29-25(15-17-36(22,24)4)35(3)16-7-6-10-23(35)18-26(29)42;1-8(2,3)6-7-9(4,5)10;/h1,20,22-27,29-30,34,42H,6-19H2,2-4H3,(H,37,41)(H,38,44)(H,39,43);6-7,10H2,1-5H3;1H4. The number of carbonyl (C=O) groups excluding carboxylic acids is 4. The van der Waals surface area contributed by atoms with Gasteiger partial charge in [0.2, 0.25) is 12.3 Å². The molecule has 57 heavy (non-hydrogen) atoms. The lowest BCUT2D eigenvalue weighted by Crippen LogP contribution is -2.71. The van der Waals surface area contributed by atoms with Crippen LogP contribution in [0.3, 0.4) is 0 Å². The second-order valence-corrected chi connectivity index (χ2v) is 21.7. The highest BCUT2D eigenvalue weighted by Crippen LogP contribution is 2.68. The van der Waals surface area contributed by atoms with Crippen LogP contribution in [0.5, 0.6) is 0 Å². The molecule has 0 aromatic heterocycles. The third-order valence-electron chi connectivity index (χ3n) is 14.9. The van der Waals surface area contributed by atoms with Crippen molar-refractivity contribution in [3.05, 3.63) is 11.3 Å². The third-order valence-corrected chi connectivity index (χ3v) is 16.3. The monoisotopic (exact) mass is 812 g/mol. The highest BCUT2D eigenvalue weighted by atomic mass is 32.2. The van der Waals surface area contributed by atoms with Gasteiger partial charge in [0.25, 0.3) is 11.8 Å². The van der Waals surface area contributed by atoms with Gasteiger partial charge in [-0.1, -0.05) is 54.9 Å². The maximum Gasteiger partial charge on any atom is 0.269 e. The number of amides is 4. The fourth-order valence-electron chi connectivity index (χ4n) is 11.7. The number of carbonyl (C=O) groups is 4. The van der Waals surface area contributed by atoms with E-state index in [1.54, 1.807) is 0 Å². The molecular formula is C46H77N5O5S. The summed E-state index contributed by atoms with van der Waals surface area (Å²) in [6.07, 6.45) is 20.6. The summed E-state index contributed by atoms with van der Waals surface area (Å²) in [5.74, 6) is 4.96. The van der Waals surface area contributed by atoms with Crippen LogP contribution >= 0.6 is 11.8 Å². The third kappa shape index (κ3) is 10.4. The van der Waals surface area contributed by atoms with Gasteiger partial charge in [0.15, 0.2) is 0 Å². The van der Waals surface area contributed by atoms with Crippen LogP contribution in [0.4, 0.5) is 0 Å². The molecule has 4 saturated carbocycles. The van der Waals surface area contributed by atoms with Crippen LogP contribution in [0.2, 0.25) is 0 Å². The summed E-state index contributed by atoms with van der Waals surface area (Å²) in [6, 6.07) is -0.663. The summed E-state index contributed by atoms with van der Waals surface area (Å²) in [6.45, 7) is 17.7. The van der Waals surface area contributed by atoms with Crippen molar-refractivity contribution in [3.63, 3.8) is 0 Å². The average Bonchev–Trinajstić information content (AvgIpc) is 3.45. The Bertz CT molecular complexity index is 1520. The molecule has 1 saturated heterocycles. The normalized spacial score (nSPS) is 34.9. The average molecular weight is 812 g/mol. The molecule has 6 rings (SSSR count). The van der Waals surface area contributed by atoms with Gasteiger partial charge >= 0.3 is 0 Å². The highest BCUT2D eigenvalue weighted by Gasteiger charge is 2.62. The summed E-state index contributed by atoms with van der Waals surface area (Å²) < 4.78 is 0. The van der Waals surface area contributed by atoms with Crippen molar-refractivity contribution in [1.82, 2.24) is 20.9 Å². The number of β-lactam (4-membered cyclic amide) rings is 1. The minimum atomic E-state index is -0.733. The van der Waals surface area contributed by atoms with Gasteiger partial charge in [-0.05, 0) is 143 Å². The van der Waals surface area contributed by atoms with Crippen LogP contribution in [0.15, 0.2) is 11.3 Å². The number of fused-ring (bicyclic) bond motifs is 6. The lowest BCUT2D eigenvalue weighted by molar-refractivity contribution is -0.162. The largest absolute Gasteiger partial charge is 0.393 e. The van der Waals surface area contributed by atoms with Crippen molar-refractivity contribution < 1.29 is 24.3 Å². The Morgan fingerprint density at radius 3 is 2.40 bits per heavy atom. The van der Waals surface area contributed by atoms with Gasteiger partial charge in [-0.3, -0.25) is 24.1 Å². The first kappa shape index (κ1) is 47.1. The Kier molecular flexibility index (Phi) is 15.5. The Hall–Kier alpha value is -2.55. The highest BCUT2D eigenvalue weighted by molar-refractivity contribution is 8.00. The maximum absolute atomic E-state index is 13.2. The summed E-state index contributed by atoms with van der Waals surface area (Å²) in [7, 11) is 0. The number of nitrogens with one attached hydrogen (secondary N) is 3. The van der Waals surface area contributed by atoms with E-state index in [0.717, 1.165) is 31.3 Å². The van der Waals surface area contributed by atoms with E-state index < -0.39 is 18.1 Å². The first-order valence-corrected chi connectivity index (χ1v) is 22.6. The molecule has 5 fully saturated rings. The van der Waals surface area contributed by atoms with Gasteiger partial charge in [-0.2, -0.15) is 0 Å². The fraction of sp³-hybridized carbons (Fsp3) is 0.826. The molecule has 4 aliphatic carbocycles. The molecule has 11 heteroatoms. The molecule has 0 aromatic carbocycles. The first-order chi connectivity index (χ1) is 26.2. The summed E-state index contributed by atoms with van der Waals surface area (Å²) in [4.78, 5) is 51.8. The first-order valence-electron chi connectivity index (χ1n) is 21.6. The molecule has 11 atom stereocenters. The number of hydrogen-bond donors (Lipinski definition) is 5. The number of terminal acetylenes is 1. The molecule has 0 radical (unpaired) electrons. The molecule has 6 N–H and O–H groups in total. The molecule has 0 bridgehead atoms. The molecular weight excluding hydrogens is 735 g/mol. The van der Waals surface area contributed by atoms with E-state index in [-0.39, 0.29) is 53.8 Å². The van der Waals surface area contributed by atoms with Crippen molar-refractivity contribution in [2.24, 2.45) is 51.6 Å². The van der Waals surface area contributed by atoms with E-state index in [1.807, 2.05) is 6.92 Å². The van der Waals surface area contributed by atoms with Gasteiger partial charge in [-0.25, -0.2) is 0 Å². The maximum atomic E-state index is 13.2. The summed E-state index contributed by atoms with van der Waals surface area (Å²) in [5, 5.41) is 19.3. The van der Waals surface area contributed by atoms with E-state index >= 15 is 0 Å². The fourth-order valence-corrected chi connectivity index (χ4v) is 13.0. The Morgan fingerprint density at radius 2 is 1.77 bits per heavy atom. The Morgan fingerprint density at radius 1 is 1.07 bits per heavy atom. The Balaban J connectivity index is 0.000000579. The van der Waals surface area contributed by atoms with E-state index in [9.17, 15) is 24.3 Å². The molecule has 0 spiro atoms. The number of rotatable bonds is 12. The Labute approximate surface area is 349 Å². The molecule has 10 nitrogen and oxygen atoms in total. The molecule has 2 aliphatic heterocycles. The lowest BCUT2D eigenvalue weighted by Gasteiger charge is -2.62. The summed E-state index contributed by atoms with van der Waals surface area (Å²) in [5.41, 5.74) is 7.92. The summed E-state index contributed by atoms with van der Waals surface area (Å²) >= 11 is 1.54. The minimum Gasteiger partial charge on any atom is -0.393 e. The van der Waals surface area contributed by atoms with Gasteiger partial charge in [0, 0.05) is 24.1 Å². The number of hydrogen-bond acceptors (Lipinski definition) is 7. The van der Waals surface area contributed by atoms with E-state index in [1.165, 1.54) is 74.4 Å². The quantitative estimate of drug-likeness (QED) is 0.0603. The van der Waals surface area contributed by atoms with Crippen molar-refractivity contribution >= 4 is 35.9 Å². The zero-order chi connectivity index (χ0) is 41.2. The smallest absolute Gasteiger partial charge is 0.269 e. The molecule has 11 unspecified atom stereocenters. The van der Waals surface area contributed by atoms with Gasteiger partial charge < -0.3 is 26.8 Å². The number of nitrogens with two attached hydrogens (primary N) is 1. The van der Waals surface area contributed by atoms with E-state index in [4.69, 9.17) is 12.2 Å². The molecule has 322 valence electrons. The van der Waals surface area contributed by atoms with E-state index in [2.05, 4.69) is 70.3 Å². The molecule has 4 amide bonds. The van der Waals surface area contributed by atoms with Gasteiger partial charge in [0.05, 0.1) is 6.10 Å². The second kappa shape index (κ2) is 18.8. The topological polar surface area (TPSA) is 154 Å². The van der Waals surface area contributed by atoms with Crippen LogP contribution in [0.1, 0.15) is 159 Å². The second-order valence-electron chi connectivity index (χ2n) is 20.6. The lowest BCUT2D eigenvalue weighted by atomic mass is 9.44. The number of aliphatic hydroxyl groups is 1. The van der Waals surface area contributed by atoms with Crippen molar-refractivity contribution in [3.8, 4) is 12.3 Å². The predicted octanol–water partition coefficient (Wildman–Crippen LogP) is 7.25. The minimum absolute atomic E-state index is 0. The SMILES string of the molecule is C.C#CCC(NC=O)NC(=O)C1=C(C)CSC2C(NC(=O)CCCC3CCC4C5C(O)CC6CCCCC6(C)C5CCC34C)C(=O)N12.CC(C)(C)CCC(C)(C)N. The van der Waals surface area contributed by atoms with Crippen molar-refractivity contribution in [1.29, 1.82) is 0 Å². The van der Waals surface area contributed by atoms with Crippen molar-refractivity contribution in [2.45, 2.75) is 188 Å². The van der Waals surface area contributed by atoms with Crippen molar-refractivity contribution in [2.75, 3.05) is 5.75 Å². The molecule has 6 aliphatic rings. The number of aliphatic hydroxyl groups excluding tert-OH is 1. The number of nitrogens with zero attached hydrogens (tertiary/aromatic N) is 1. The van der Waals surface area contributed by atoms with E-state index in [0.29, 0.717) is 59.0 Å². The van der Waals surface area contributed by atoms with Gasteiger partial charge in [0.1, 0.15) is 23.3 Å². The molecule has 0 aromatic rings. The predicted molar refractivity (Wildman–Crippen MR) is 231 cm³/mol. The van der Waals surface area contributed by atoms with Crippen LogP contribution in [0, 0.1) is 58.2 Å². The molecule has 2 heterocycles. The zero-order valence-electron chi connectivity index (χ0n) is 35.7. The van der Waals surface area contributed by atoms with Crippen LogP contribution in [0.25, 0.3) is 0 Å². The van der Waals surface area contributed by atoms with Gasteiger partial charge in [-0.15, -0.1) is 24.1 Å². The number of thioether (sulfide) groups is 1. The zero-order valence-corrected chi connectivity index (χ0v) is 36.5.